The van der Waals surface area contributed by atoms with Crippen LogP contribution in [0.1, 0.15) is 25.7 Å². The average molecular weight is 577 g/mol. The minimum Gasteiger partial charge on any atom is -0.481 e. The van der Waals surface area contributed by atoms with Gasteiger partial charge in [-0.25, -0.2) is 15.0 Å². The van der Waals surface area contributed by atoms with Crippen LogP contribution in [-0.2, 0) is 4.79 Å². The van der Waals surface area contributed by atoms with Gasteiger partial charge in [-0.3, -0.25) is 9.89 Å². The molecular formula is C29H30ClFN8O2. The first kappa shape index (κ1) is 25.9. The third-order valence-electron chi connectivity index (χ3n) is 8.94. The van der Waals surface area contributed by atoms with Gasteiger partial charge in [-0.15, -0.1) is 0 Å². The molecule has 2 atom stereocenters. The zero-order chi connectivity index (χ0) is 28.1. The predicted molar refractivity (Wildman–Crippen MR) is 155 cm³/mol. The van der Waals surface area contributed by atoms with Gasteiger partial charge in [0.05, 0.1) is 16.3 Å². The van der Waals surface area contributed by atoms with E-state index < -0.39 is 23.7 Å². The number of anilines is 3. The third kappa shape index (κ3) is 4.71. The first-order valence-corrected chi connectivity index (χ1v) is 14.5. The summed E-state index contributed by atoms with van der Waals surface area (Å²) >= 11 is 6.23. The number of nitrogens with zero attached hydrogens (tertiary/aromatic N) is 6. The van der Waals surface area contributed by atoms with Crippen LogP contribution in [0.3, 0.4) is 0 Å². The van der Waals surface area contributed by atoms with E-state index in [2.05, 4.69) is 42.5 Å². The molecule has 0 unspecified atom stereocenters. The van der Waals surface area contributed by atoms with E-state index in [1.54, 1.807) is 6.07 Å². The lowest BCUT2D eigenvalue weighted by molar-refractivity contribution is -0.148. The maximum absolute atomic E-state index is 16.4. The second-order valence-electron chi connectivity index (χ2n) is 11.2. The summed E-state index contributed by atoms with van der Waals surface area (Å²) in [4.78, 5) is 30.1. The van der Waals surface area contributed by atoms with Crippen molar-refractivity contribution >= 4 is 45.9 Å². The van der Waals surface area contributed by atoms with E-state index >= 15 is 4.39 Å². The lowest BCUT2D eigenvalue weighted by atomic mass is 9.61. The highest BCUT2D eigenvalue weighted by atomic mass is 35.5. The number of aromatic nitrogens is 5. The Hall–Kier alpha value is -3.99. The minimum absolute atomic E-state index is 0.0111. The van der Waals surface area contributed by atoms with E-state index in [4.69, 9.17) is 16.6 Å². The molecule has 3 aromatic heterocycles. The summed E-state index contributed by atoms with van der Waals surface area (Å²) in [6.07, 6.45) is 5.14. The van der Waals surface area contributed by atoms with Crippen molar-refractivity contribution in [3.8, 4) is 11.5 Å². The van der Waals surface area contributed by atoms with Gasteiger partial charge in [-0.1, -0.05) is 29.8 Å². The van der Waals surface area contributed by atoms with Gasteiger partial charge in [0, 0.05) is 44.1 Å². The van der Waals surface area contributed by atoms with E-state index in [1.165, 1.54) is 6.20 Å². The number of para-hydroxylation sites is 1. The summed E-state index contributed by atoms with van der Waals surface area (Å²) in [5, 5.41) is 21.6. The van der Waals surface area contributed by atoms with Crippen molar-refractivity contribution in [2.75, 3.05) is 41.3 Å². The first-order chi connectivity index (χ1) is 20.0. The molecule has 10 nitrogen and oxygen atoms in total. The minimum atomic E-state index is -0.843. The highest BCUT2D eigenvalue weighted by Gasteiger charge is 2.47. The largest absolute Gasteiger partial charge is 0.481 e. The molecule has 212 valence electrons. The maximum Gasteiger partial charge on any atom is 0.308 e. The lowest BCUT2D eigenvalue weighted by Gasteiger charge is -2.47. The van der Waals surface area contributed by atoms with Crippen molar-refractivity contribution in [1.29, 1.82) is 0 Å². The highest BCUT2D eigenvalue weighted by molar-refractivity contribution is 6.31. The number of carboxylic acids is 1. The topological polar surface area (TPSA) is 123 Å². The summed E-state index contributed by atoms with van der Waals surface area (Å²) in [6, 6.07) is 11.5. The summed E-state index contributed by atoms with van der Waals surface area (Å²) < 4.78 is 16.4. The molecule has 8 rings (SSSR count). The molecule has 4 fully saturated rings. The quantitative estimate of drug-likeness (QED) is 0.296. The van der Waals surface area contributed by atoms with Crippen LogP contribution in [0.2, 0.25) is 5.02 Å². The number of pyridine rings is 1. The van der Waals surface area contributed by atoms with Gasteiger partial charge >= 0.3 is 5.97 Å². The van der Waals surface area contributed by atoms with Gasteiger partial charge in [-0.2, -0.15) is 9.49 Å². The van der Waals surface area contributed by atoms with E-state index in [1.807, 2.05) is 23.1 Å². The summed E-state index contributed by atoms with van der Waals surface area (Å²) in [5.74, 6) is -1.35. The predicted octanol–water partition coefficient (Wildman–Crippen LogP) is 4.84. The molecule has 3 N–H and O–H groups in total. The number of aromatic amines is 1. The normalized spacial score (nSPS) is 24.1. The summed E-state index contributed by atoms with van der Waals surface area (Å²) in [6.45, 7) is 2.52. The Bertz CT molecular complexity index is 1580. The lowest BCUT2D eigenvalue weighted by Crippen LogP contribution is -2.51. The fourth-order valence-corrected chi connectivity index (χ4v) is 7.04. The molecule has 0 spiro atoms. The number of carboxylic acid groups (broad SMARTS) is 1. The van der Waals surface area contributed by atoms with Crippen LogP contribution in [0, 0.1) is 23.6 Å². The number of benzene rings is 1. The fraction of sp³-hybridized carbons (Fsp3) is 0.414. The maximum atomic E-state index is 16.4. The number of H-pyrrole nitrogens is 1. The number of halogens is 2. The molecule has 4 aliphatic rings. The number of rotatable bonds is 6. The molecule has 4 heterocycles. The Balaban J connectivity index is 1.27. The van der Waals surface area contributed by atoms with Crippen LogP contribution in [0.4, 0.5) is 21.7 Å². The number of carbonyl (C=O) groups is 1. The van der Waals surface area contributed by atoms with Crippen LogP contribution in [0.15, 0.2) is 42.6 Å². The molecule has 1 saturated heterocycles. The number of fused-ring (bicyclic) bond motifs is 4. The smallest absolute Gasteiger partial charge is 0.308 e. The standard InChI is InChI=1S/C29H30ClFN8O2/c30-18-14-20-24(36-37-25(20)32-15-18)27-34-26(33-23-17-8-6-16(7-9-17)21(23)29(40)41)22(31)28(35-27)39-12-10-38(11-13-39)19-4-2-1-3-5-19/h1-5,14-17,21,23H,6-13H2,(H,40,41)(H,32,36,37)(H,33,34,35)/t16?,17?,21-,23-/m0/s1. The van der Waals surface area contributed by atoms with Crippen molar-refractivity contribution in [3.05, 3.63) is 53.4 Å². The zero-order valence-corrected chi connectivity index (χ0v) is 23.1. The Kier molecular flexibility index (Phi) is 6.61. The molecule has 0 amide bonds. The number of nitrogens with one attached hydrogen (secondary N) is 2. The van der Waals surface area contributed by atoms with Crippen LogP contribution in [0.25, 0.3) is 22.6 Å². The molecule has 3 saturated carbocycles. The van der Waals surface area contributed by atoms with E-state index in [9.17, 15) is 9.90 Å². The Morgan fingerprint density at radius 2 is 1.73 bits per heavy atom. The Morgan fingerprint density at radius 1 is 1.02 bits per heavy atom. The Labute approximate surface area is 241 Å². The van der Waals surface area contributed by atoms with E-state index in [0.29, 0.717) is 47.9 Å². The number of hydrogen-bond acceptors (Lipinski definition) is 8. The first-order valence-electron chi connectivity index (χ1n) is 14.1. The molecular weight excluding hydrogens is 547 g/mol. The molecule has 2 bridgehead atoms. The van der Waals surface area contributed by atoms with Crippen LogP contribution < -0.4 is 15.1 Å². The molecule has 4 aromatic rings. The van der Waals surface area contributed by atoms with Crippen molar-refractivity contribution in [3.63, 3.8) is 0 Å². The van der Waals surface area contributed by atoms with Crippen molar-refractivity contribution in [1.82, 2.24) is 25.1 Å². The van der Waals surface area contributed by atoms with Gasteiger partial charge in [-0.05, 0) is 55.7 Å². The second kappa shape index (κ2) is 10.4. The summed E-state index contributed by atoms with van der Waals surface area (Å²) in [7, 11) is 0. The number of piperazine rings is 1. The third-order valence-corrected chi connectivity index (χ3v) is 9.15. The van der Waals surface area contributed by atoms with Gasteiger partial charge in [0.25, 0.3) is 0 Å². The van der Waals surface area contributed by atoms with Gasteiger partial charge in [0.2, 0.25) is 5.82 Å². The average Bonchev–Trinajstić information content (AvgIpc) is 3.42. The molecule has 3 aliphatic carbocycles. The molecule has 12 heteroatoms. The van der Waals surface area contributed by atoms with E-state index in [0.717, 1.165) is 31.4 Å². The van der Waals surface area contributed by atoms with Crippen LogP contribution in [0.5, 0.6) is 0 Å². The number of aliphatic carboxylic acids is 1. The second-order valence-corrected chi connectivity index (χ2v) is 11.6. The van der Waals surface area contributed by atoms with Gasteiger partial charge in [0.15, 0.2) is 23.1 Å². The molecule has 1 aliphatic heterocycles. The molecule has 41 heavy (non-hydrogen) atoms. The van der Waals surface area contributed by atoms with Crippen molar-refractivity contribution in [2.45, 2.75) is 31.7 Å². The van der Waals surface area contributed by atoms with Crippen molar-refractivity contribution in [2.24, 2.45) is 17.8 Å². The van der Waals surface area contributed by atoms with Crippen LogP contribution in [-0.4, -0.2) is 68.4 Å². The molecule has 1 aromatic carbocycles. The zero-order valence-electron chi connectivity index (χ0n) is 22.3. The Morgan fingerprint density at radius 3 is 2.46 bits per heavy atom. The van der Waals surface area contributed by atoms with Gasteiger partial charge < -0.3 is 20.2 Å². The summed E-state index contributed by atoms with van der Waals surface area (Å²) in [5.41, 5.74) is 2.04. The monoisotopic (exact) mass is 576 g/mol. The SMILES string of the molecule is O=C(O)[C@H]1C2CCC(CC2)[C@@H]1Nc1nc(-c2[nH]nc3ncc(Cl)cc23)nc(N2CCN(c3ccccc3)CC2)c1F. The fourth-order valence-electron chi connectivity index (χ4n) is 6.88. The highest BCUT2D eigenvalue weighted by Crippen LogP contribution is 2.46. The molecule has 0 radical (unpaired) electrons. The van der Waals surface area contributed by atoms with Crippen molar-refractivity contribution < 1.29 is 14.3 Å². The number of hydrogen-bond donors (Lipinski definition) is 3. The van der Waals surface area contributed by atoms with Gasteiger partial charge in [0.1, 0.15) is 5.69 Å². The van der Waals surface area contributed by atoms with E-state index in [-0.39, 0.29) is 29.3 Å². The van der Waals surface area contributed by atoms with Crippen LogP contribution >= 0.6 is 11.6 Å².